The first kappa shape index (κ1) is 11.0. The molecule has 3 N–H and O–H groups in total. The molecule has 6 heteroatoms. The number of anilines is 2. The summed E-state index contributed by atoms with van der Waals surface area (Å²) in [6, 6.07) is 1.55. The summed E-state index contributed by atoms with van der Waals surface area (Å²) in [5.41, 5.74) is 6.14. The van der Waals surface area contributed by atoms with Gasteiger partial charge in [-0.2, -0.15) is 0 Å². The van der Waals surface area contributed by atoms with Crippen molar-refractivity contribution in [2.45, 2.75) is 13.0 Å². The average Bonchev–Trinajstić information content (AvgIpc) is 2.16. The monoisotopic (exact) mass is 216 g/mol. The zero-order chi connectivity index (χ0) is 10.6. The van der Waals surface area contributed by atoms with Crippen LogP contribution >= 0.6 is 11.6 Å². The Kier molecular flexibility index (Phi) is 3.91. The summed E-state index contributed by atoms with van der Waals surface area (Å²) in [4.78, 5) is 0. The average molecular weight is 217 g/mol. The Hall–Kier alpha value is -1.07. The highest BCUT2D eigenvalue weighted by molar-refractivity contribution is 6.29. The molecule has 0 fully saturated rings. The van der Waals surface area contributed by atoms with Crippen molar-refractivity contribution in [2.75, 3.05) is 24.7 Å². The molecule has 0 aliphatic rings. The number of rotatable bonds is 4. The molecule has 5 nitrogen and oxygen atoms in total. The van der Waals surface area contributed by atoms with E-state index in [-0.39, 0.29) is 11.3 Å². The van der Waals surface area contributed by atoms with Crippen LogP contribution in [0.4, 0.5) is 11.5 Å². The van der Waals surface area contributed by atoms with E-state index >= 15 is 0 Å². The van der Waals surface area contributed by atoms with Crippen LogP contribution in [0.15, 0.2) is 6.07 Å². The number of nitrogens with two attached hydrogens (primary N) is 1. The van der Waals surface area contributed by atoms with E-state index in [0.29, 0.717) is 18.1 Å². The molecule has 0 saturated heterocycles. The van der Waals surface area contributed by atoms with Gasteiger partial charge in [-0.05, 0) is 6.92 Å². The topological polar surface area (TPSA) is 73.1 Å². The zero-order valence-electron chi connectivity index (χ0n) is 8.12. The molecule has 14 heavy (non-hydrogen) atoms. The van der Waals surface area contributed by atoms with E-state index in [1.54, 1.807) is 13.2 Å². The largest absolute Gasteiger partial charge is 0.396 e. The summed E-state index contributed by atoms with van der Waals surface area (Å²) in [5, 5.41) is 10.8. The lowest BCUT2D eigenvalue weighted by atomic mass is 10.4. The second-order valence-corrected chi connectivity index (χ2v) is 3.29. The number of methoxy groups -OCH3 is 1. The van der Waals surface area contributed by atoms with Crippen LogP contribution in [0, 0.1) is 0 Å². The molecule has 1 aromatic rings. The van der Waals surface area contributed by atoms with Crippen LogP contribution in [0.5, 0.6) is 0 Å². The van der Waals surface area contributed by atoms with E-state index in [1.807, 2.05) is 6.92 Å². The molecule has 1 rings (SSSR count). The van der Waals surface area contributed by atoms with Crippen LogP contribution in [0.25, 0.3) is 0 Å². The third-order valence-corrected chi connectivity index (χ3v) is 1.94. The quantitative estimate of drug-likeness (QED) is 0.790. The highest BCUT2D eigenvalue weighted by Crippen LogP contribution is 2.16. The van der Waals surface area contributed by atoms with Gasteiger partial charge in [-0.15, -0.1) is 10.2 Å². The second kappa shape index (κ2) is 4.97. The molecule has 0 amide bonds. The predicted molar refractivity (Wildman–Crippen MR) is 56.4 cm³/mol. The molecule has 1 aromatic heterocycles. The van der Waals surface area contributed by atoms with E-state index in [0.717, 1.165) is 0 Å². The van der Waals surface area contributed by atoms with E-state index in [9.17, 15) is 0 Å². The number of hydrogen-bond acceptors (Lipinski definition) is 5. The summed E-state index contributed by atoms with van der Waals surface area (Å²) in [7, 11) is 1.64. The Bertz CT molecular complexity index is 307. The van der Waals surface area contributed by atoms with Gasteiger partial charge in [0.1, 0.15) is 0 Å². The van der Waals surface area contributed by atoms with Crippen molar-refractivity contribution in [1.82, 2.24) is 10.2 Å². The first-order valence-corrected chi connectivity index (χ1v) is 4.56. The minimum Gasteiger partial charge on any atom is -0.396 e. The number of nitrogen functional groups attached to an aromatic ring is 1. The molecule has 0 aliphatic heterocycles. The third kappa shape index (κ3) is 3.01. The standard InChI is InChI=1S/C8H13ClN4O/c1-5(14-2)4-11-8-6(10)3-7(9)12-13-8/h3,5H,4H2,1-2H3,(H2,10,12)(H,11,13)/t5-/m1/s1. The van der Waals surface area contributed by atoms with Crippen LogP contribution < -0.4 is 11.1 Å². The highest BCUT2D eigenvalue weighted by Gasteiger charge is 2.04. The van der Waals surface area contributed by atoms with Crippen LogP contribution in [0.3, 0.4) is 0 Å². The number of halogens is 1. The Morgan fingerprint density at radius 1 is 1.64 bits per heavy atom. The van der Waals surface area contributed by atoms with Crippen molar-refractivity contribution in [3.63, 3.8) is 0 Å². The summed E-state index contributed by atoms with van der Waals surface area (Å²) in [6.45, 7) is 2.56. The first-order valence-electron chi connectivity index (χ1n) is 4.19. The van der Waals surface area contributed by atoms with Crippen LogP contribution in [0.1, 0.15) is 6.92 Å². The van der Waals surface area contributed by atoms with Gasteiger partial charge in [0, 0.05) is 19.7 Å². The lowest BCUT2D eigenvalue weighted by Crippen LogP contribution is -2.19. The van der Waals surface area contributed by atoms with Crippen LogP contribution in [-0.2, 0) is 4.74 Å². The van der Waals surface area contributed by atoms with Gasteiger partial charge in [0.15, 0.2) is 11.0 Å². The molecular weight excluding hydrogens is 204 g/mol. The molecule has 0 unspecified atom stereocenters. The van der Waals surface area contributed by atoms with E-state index in [1.165, 1.54) is 0 Å². The molecular formula is C8H13ClN4O. The Morgan fingerprint density at radius 2 is 2.36 bits per heavy atom. The Morgan fingerprint density at radius 3 is 2.93 bits per heavy atom. The zero-order valence-corrected chi connectivity index (χ0v) is 8.88. The van der Waals surface area contributed by atoms with Gasteiger partial charge in [0.05, 0.1) is 11.8 Å². The highest BCUT2D eigenvalue weighted by atomic mass is 35.5. The number of hydrogen-bond donors (Lipinski definition) is 2. The molecule has 0 bridgehead atoms. The van der Waals surface area contributed by atoms with E-state index in [2.05, 4.69) is 15.5 Å². The minimum atomic E-state index is 0.0897. The van der Waals surface area contributed by atoms with E-state index < -0.39 is 0 Å². The normalized spacial score (nSPS) is 12.5. The summed E-state index contributed by atoms with van der Waals surface area (Å²) in [5.74, 6) is 0.526. The maximum absolute atomic E-state index is 5.66. The number of aromatic nitrogens is 2. The molecule has 0 saturated carbocycles. The lowest BCUT2D eigenvalue weighted by Gasteiger charge is -2.11. The van der Waals surface area contributed by atoms with Gasteiger partial charge in [-0.3, -0.25) is 0 Å². The summed E-state index contributed by atoms with van der Waals surface area (Å²) >= 11 is 5.60. The first-order chi connectivity index (χ1) is 6.63. The Balaban J connectivity index is 2.59. The molecule has 0 aromatic carbocycles. The Labute approximate surface area is 87.6 Å². The van der Waals surface area contributed by atoms with Crippen molar-refractivity contribution in [2.24, 2.45) is 0 Å². The smallest absolute Gasteiger partial charge is 0.172 e. The van der Waals surface area contributed by atoms with Crippen molar-refractivity contribution in [1.29, 1.82) is 0 Å². The van der Waals surface area contributed by atoms with Crippen LogP contribution in [-0.4, -0.2) is 30.0 Å². The summed E-state index contributed by atoms with van der Waals surface area (Å²) in [6.07, 6.45) is 0.0897. The molecule has 0 spiro atoms. The van der Waals surface area contributed by atoms with Gasteiger partial charge in [-0.1, -0.05) is 11.6 Å². The fraction of sp³-hybridized carbons (Fsp3) is 0.500. The van der Waals surface area contributed by atoms with Gasteiger partial charge in [0.2, 0.25) is 0 Å². The third-order valence-electron chi connectivity index (χ3n) is 1.75. The number of nitrogens with one attached hydrogen (secondary N) is 1. The minimum absolute atomic E-state index is 0.0897. The maximum Gasteiger partial charge on any atom is 0.172 e. The molecule has 0 aliphatic carbocycles. The SMILES string of the molecule is CO[C@H](C)CNc1nnc(Cl)cc1N. The van der Waals surface area contributed by atoms with Gasteiger partial charge >= 0.3 is 0 Å². The van der Waals surface area contributed by atoms with Gasteiger partial charge in [-0.25, -0.2) is 0 Å². The van der Waals surface area contributed by atoms with Crippen molar-refractivity contribution < 1.29 is 4.74 Å². The molecule has 0 radical (unpaired) electrons. The van der Waals surface area contributed by atoms with Gasteiger partial charge < -0.3 is 15.8 Å². The maximum atomic E-state index is 5.66. The molecule has 1 atom stereocenters. The van der Waals surface area contributed by atoms with Gasteiger partial charge in [0.25, 0.3) is 0 Å². The number of ether oxygens (including phenoxy) is 1. The van der Waals surface area contributed by atoms with E-state index in [4.69, 9.17) is 22.1 Å². The second-order valence-electron chi connectivity index (χ2n) is 2.90. The fourth-order valence-corrected chi connectivity index (χ4v) is 0.998. The molecule has 78 valence electrons. The number of nitrogens with zero attached hydrogens (tertiary/aromatic N) is 2. The van der Waals surface area contributed by atoms with Crippen molar-refractivity contribution in [3.05, 3.63) is 11.2 Å². The van der Waals surface area contributed by atoms with Crippen molar-refractivity contribution in [3.8, 4) is 0 Å². The molecule has 1 heterocycles. The summed E-state index contributed by atoms with van der Waals surface area (Å²) < 4.78 is 5.06. The van der Waals surface area contributed by atoms with Crippen molar-refractivity contribution >= 4 is 23.1 Å². The predicted octanol–water partition coefficient (Wildman–Crippen LogP) is 1.16. The van der Waals surface area contributed by atoms with Crippen LogP contribution in [0.2, 0.25) is 5.15 Å². The fourth-order valence-electron chi connectivity index (χ4n) is 0.842. The lowest BCUT2D eigenvalue weighted by molar-refractivity contribution is 0.128.